The van der Waals surface area contributed by atoms with E-state index in [-0.39, 0.29) is 35.5 Å². The minimum absolute atomic E-state index is 0.00458. The summed E-state index contributed by atoms with van der Waals surface area (Å²) in [5.41, 5.74) is 1.60. The number of benzene rings is 4. The molecule has 0 aromatic heterocycles. The summed E-state index contributed by atoms with van der Waals surface area (Å²) in [6.45, 7) is -0.655. The largest absolute Gasteiger partial charge is 0.497 e. The van der Waals surface area contributed by atoms with Crippen molar-refractivity contribution in [2.24, 2.45) is 0 Å². The van der Waals surface area contributed by atoms with Crippen LogP contribution in [0.15, 0.2) is 108 Å². The fraction of sp³-hybridized carbons (Fsp3) is 0.278. The van der Waals surface area contributed by atoms with Crippen LogP contribution in [-0.2, 0) is 32.6 Å². The van der Waals surface area contributed by atoms with E-state index in [0.717, 1.165) is 47.7 Å². The van der Waals surface area contributed by atoms with Gasteiger partial charge in [-0.05, 0) is 84.6 Å². The molecule has 4 aromatic carbocycles. The van der Waals surface area contributed by atoms with Crippen LogP contribution in [0, 0.1) is 5.82 Å². The predicted octanol–water partition coefficient (Wildman–Crippen LogP) is 6.38. The molecule has 0 bridgehead atoms. The molecular weight excluding hydrogens is 641 g/mol. The third-order valence-corrected chi connectivity index (χ3v) is 10.3. The van der Waals surface area contributed by atoms with Crippen molar-refractivity contribution < 1.29 is 27.1 Å². The summed E-state index contributed by atoms with van der Waals surface area (Å²) in [5.74, 6) is -1.04. The Bertz CT molecular complexity index is 1770. The topological polar surface area (TPSA) is 96.0 Å². The van der Waals surface area contributed by atoms with Gasteiger partial charge in [-0.15, -0.1) is 0 Å². The summed E-state index contributed by atoms with van der Waals surface area (Å²) >= 11 is 6.31. The number of rotatable bonds is 13. The second-order valence-corrected chi connectivity index (χ2v) is 13.8. The number of carbonyl (C=O) groups is 2. The van der Waals surface area contributed by atoms with E-state index in [1.165, 1.54) is 48.4 Å². The van der Waals surface area contributed by atoms with Crippen LogP contribution in [-0.4, -0.2) is 50.9 Å². The van der Waals surface area contributed by atoms with Gasteiger partial charge in [0.15, 0.2) is 0 Å². The zero-order valence-corrected chi connectivity index (χ0v) is 27.6. The van der Waals surface area contributed by atoms with Gasteiger partial charge >= 0.3 is 0 Å². The molecule has 0 radical (unpaired) electrons. The molecular formula is C36H37ClFN3O5S. The second kappa shape index (κ2) is 15.5. The zero-order valence-electron chi connectivity index (χ0n) is 26.0. The number of nitrogens with one attached hydrogen (secondary N) is 1. The van der Waals surface area contributed by atoms with E-state index >= 15 is 0 Å². The van der Waals surface area contributed by atoms with E-state index in [0.29, 0.717) is 16.3 Å². The Labute approximate surface area is 280 Å². The Hall–Kier alpha value is -4.41. The van der Waals surface area contributed by atoms with E-state index in [9.17, 15) is 22.4 Å². The Kier molecular flexibility index (Phi) is 11.2. The average molecular weight is 678 g/mol. The van der Waals surface area contributed by atoms with Gasteiger partial charge in [0, 0.05) is 24.0 Å². The summed E-state index contributed by atoms with van der Waals surface area (Å²) in [6.07, 6.45) is 3.92. The van der Waals surface area contributed by atoms with Crippen LogP contribution in [0.2, 0.25) is 5.02 Å². The molecule has 1 aliphatic carbocycles. The molecule has 8 nitrogen and oxygen atoms in total. The van der Waals surface area contributed by atoms with Crippen LogP contribution in [0.3, 0.4) is 0 Å². The molecule has 2 amide bonds. The number of hydrogen-bond donors (Lipinski definition) is 1. The summed E-state index contributed by atoms with van der Waals surface area (Å²) in [4.78, 5) is 29.9. The van der Waals surface area contributed by atoms with Gasteiger partial charge in [0.1, 0.15) is 24.2 Å². The molecule has 4 aromatic rings. The van der Waals surface area contributed by atoms with Gasteiger partial charge in [0.25, 0.3) is 10.0 Å². The molecule has 11 heteroatoms. The van der Waals surface area contributed by atoms with Gasteiger partial charge in [0.05, 0.1) is 17.7 Å². The highest BCUT2D eigenvalue weighted by molar-refractivity contribution is 7.92. The Morgan fingerprint density at radius 2 is 1.57 bits per heavy atom. The van der Waals surface area contributed by atoms with Gasteiger partial charge in [-0.3, -0.25) is 13.9 Å². The fourth-order valence-corrected chi connectivity index (χ4v) is 7.39. The first kappa shape index (κ1) is 33.9. The van der Waals surface area contributed by atoms with Crippen molar-refractivity contribution in [2.45, 2.75) is 55.6 Å². The molecule has 246 valence electrons. The number of sulfonamides is 1. The number of nitrogens with zero attached hydrogens (tertiary/aromatic N) is 2. The number of halogens is 2. The minimum atomic E-state index is -4.34. The smallest absolute Gasteiger partial charge is 0.264 e. The quantitative estimate of drug-likeness (QED) is 0.177. The number of carbonyl (C=O) groups excluding carboxylic acids is 2. The van der Waals surface area contributed by atoms with Gasteiger partial charge < -0.3 is 15.0 Å². The molecule has 1 saturated carbocycles. The lowest BCUT2D eigenvalue weighted by Gasteiger charge is -2.34. The number of anilines is 1. The van der Waals surface area contributed by atoms with Crippen molar-refractivity contribution in [3.05, 3.63) is 125 Å². The second-order valence-electron chi connectivity index (χ2n) is 11.5. The van der Waals surface area contributed by atoms with Crippen molar-refractivity contribution in [3.8, 4) is 5.75 Å². The predicted molar refractivity (Wildman–Crippen MR) is 180 cm³/mol. The molecule has 5 rings (SSSR count). The molecule has 1 atom stereocenters. The first-order valence-electron chi connectivity index (χ1n) is 15.4. The van der Waals surface area contributed by atoms with Crippen LogP contribution in [0.5, 0.6) is 5.75 Å². The molecule has 0 saturated heterocycles. The molecule has 1 N–H and O–H groups in total. The summed E-state index contributed by atoms with van der Waals surface area (Å²) in [5, 5.41) is 3.60. The maximum absolute atomic E-state index is 14.5. The maximum atomic E-state index is 14.5. The summed E-state index contributed by atoms with van der Waals surface area (Å²) in [7, 11) is -2.87. The third kappa shape index (κ3) is 8.69. The van der Waals surface area contributed by atoms with Crippen LogP contribution in [0.25, 0.3) is 0 Å². The van der Waals surface area contributed by atoms with E-state index in [1.54, 1.807) is 24.3 Å². The van der Waals surface area contributed by atoms with Crippen LogP contribution >= 0.6 is 11.6 Å². The van der Waals surface area contributed by atoms with Crippen LogP contribution in [0.4, 0.5) is 10.1 Å². The fourth-order valence-electron chi connectivity index (χ4n) is 5.76. The molecule has 1 fully saturated rings. The van der Waals surface area contributed by atoms with Crippen molar-refractivity contribution in [3.63, 3.8) is 0 Å². The molecule has 0 aliphatic heterocycles. The molecule has 47 heavy (non-hydrogen) atoms. The van der Waals surface area contributed by atoms with Gasteiger partial charge in [-0.2, -0.15) is 0 Å². The molecule has 0 heterocycles. The number of ether oxygens (including phenoxy) is 1. The first-order valence-corrected chi connectivity index (χ1v) is 17.3. The van der Waals surface area contributed by atoms with Gasteiger partial charge in [-0.1, -0.05) is 66.9 Å². The highest BCUT2D eigenvalue weighted by Gasteiger charge is 2.35. The zero-order chi connectivity index (χ0) is 33.4. The molecule has 1 aliphatic rings. The number of amides is 2. The van der Waals surface area contributed by atoms with Crippen LogP contribution in [0.1, 0.15) is 36.8 Å². The molecule has 0 spiro atoms. The Morgan fingerprint density at radius 3 is 2.21 bits per heavy atom. The highest BCUT2D eigenvalue weighted by Crippen LogP contribution is 2.27. The molecule has 0 unspecified atom stereocenters. The van der Waals surface area contributed by atoms with Crippen molar-refractivity contribution in [1.29, 1.82) is 0 Å². The minimum Gasteiger partial charge on any atom is -0.497 e. The average Bonchev–Trinajstić information content (AvgIpc) is 3.59. The van der Waals surface area contributed by atoms with E-state index in [2.05, 4.69) is 5.32 Å². The SMILES string of the molecule is COc1ccc(S(=O)(=O)N(CC(=O)N(Cc2cccc(Cl)c2)[C@@H](Cc2ccccc2)C(=O)NC2CCCC2)c2ccc(F)cc2)cc1. The third-order valence-electron chi connectivity index (χ3n) is 8.26. The normalized spacial score (nSPS) is 13.9. The number of methoxy groups -OCH3 is 1. The lowest BCUT2D eigenvalue weighted by Crippen LogP contribution is -2.54. The Morgan fingerprint density at radius 1 is 0.915 bits per heavy atom. The summed E-state index contributed by atoms with van der Waals surface area (Å²) < 4.78 is 48.4. The monoisotopic (exact) mass is 677 g/mol. The van der Waals surface area contributed by atoms with Crippen molar-refractivity contribution >= 4 is 39.1 Å². The van der Waals surface area contributed by atoms with E-state index in [1.807, 2.05) is 30.3 Å². The lowest BCUT2D eigenvalue weighted by atomic mass is 10.0. The lowest BCUT2D eigenvalue weighted by molar-refractivity contribution is -0.140. The number of hydrogen-bond acceptors (Lipinski definition) is 5. The summed E-state index contributed by atoms with van der Waals surface area (Å²) in [6, 6.07) is 26.0. The first-order chi connectivity index (χ1) is 22.6. The van der Waals surface area contributed by atoms with Gasteiger partial charge in [-0.25, -0.2) is 12.8 Å². The van der Waals surface area contributed by atoms with Crippen molar-refractivity contribution in [1.82, 2.24) is 10.2 Å². The standard InChI is InChI=1S/C36H37ClFN3O5S/c1-46-32-18-20-33(21-19-32)47(44,45)41(31-16-14-29(38)15-17-31)25-35(42)40(24-27-10-7-11-28(37)22-27)34(23-26-8-3-2-4-9-26)36(43)39-30-12-5-6-13-30/h2-4,7-11,14-22,30,34H,5-6,12-13,23-25H2,1H3,(H,39,43)/t34-/m0/s1. The van der Waals surface area contributed by atoms with Crippen molar-refractivity contribution in [2.75, 3.05) is 18.0 Å². The maximum Gasteiger partial charge on any atom is 0.264 e. The Balaban J connectivity index is 1.56. The van der Waals surface area contributed by atoms with Gasteiger partial charge in [0.2, 0.25) is 11.8 Å². The van der Waals surface area contributed by atoms with E-state index in [4.69, 9.17) is 16.3 Å². The van der Waals surface area contributed by atoms with Crippen LogP contribution < -0.4 is 14.4 Å². The van der Waals surface area contributed by atoms with E-state index < -0.39 is 34.3 Å². The highest BCUT2D eigenvalue weighted by atomic mass is 35.5.